The zero-order valence-corrected chi connectivity index (χ0v) is 22.8. The fraction of sp³-hybridized carbons (Fsp3) is 0.207. The largest absolute Gasteiger partial charge is 0.573 e. The number of amides is 1. The van der Waals surface area contributed by atoms with Crippen molar-refractivity contribution in [3.05, 3.63) is 101 Å². The second kappa shape index (κ2) is 12.2. The maximum absolute atomic E-state index is 12.9. The molecule has 0 saturated carbocycles. The van der Waals surface area contributed by atoms with Gasteiger partial charge < -0.3 is 10.1 Å². The van der Waals surface area contributed by atoms with Crippen molar-refractivity contribution in [1.29, 1.82) is 0 Å². The third kappa shape index (κ3) is 7.59. The lowest BCUT2D eigenvalue weighted by atomic mass is 10.0. The van der Waals surface area contributed by atoms with Crippen LogP contribution >= 0.6 is 0 Å². The molecule has 3 aromatic carbocycles. The van der Waals surface area contributed by atoms with Crippen molar-refractivity contribution >= 4 is 5.91 Å². The van der Waals surface area contributed by atoms with Gasteiger partial charge in [-0.25, -0.2) is 0 Å². The number of ether oxygens (including phenoxy) is 1. The van der Waals surface area contributed by atoms with Gasteiger partial charge in [0.1, 0.15) is 5.75 Å². The number of halogens is 6. The minimum absolute atomic E-state index is 0.0813. The number of carbonyl (C=O) groups excluding carboxylic acids is 1. The number of H-pyrrole nitrogens is 1. The molecule has 1 amide bonds. The first kappa shape index (κ1) is 30.3. The molecule has 0 aliphatic rings. The van der Waals surface area contributed by atoms with Crippen LogP contribution in [0.5, 0.6) is 5.75 Å². The molecule has 2 heterocycles. The smallest absolute Gasteiger partial charge is 0.406 e. The summed E-state index contributed by atoms with van der Waals surface area (Å²) in [6.45, 7) is 1.93. The molecule has 9 nitrogen and oxygen atoms in total. The fourth-order valence-corrected chi connectivity index (χ4v) is 4.47. The molecule has 0 saturated heterocycles. The Morgan fingerprint density at radius 3 is 2.18 bits per heavy atom. The average molecular weight is 616 g/mol. The number of aromatic amines is 1. The summed E-state index contributed by atoms with van der Waals surface area (Å²) in [7, 11) is 0. The van der Waals surface area contributed by atoms with Crippen LogP contribution in [0, 0.1) is 0 Å². The van der Waals surface area contributed by atoms with E-state index in [1.165, 1.54) is 36.4 Å². The monoisotopic (exact) mass is 615 g/mol. The van der Waals surface area contributed by atoms with Crippen molar-refractivity contribution in [2.45, 2.75) is 38.5 Å². The second-order valence-electron chi connectivity index (χ2n) is 9.73. The predicted octanol–water partition coefficient (Wildman–Crippen LogP) is 6.27. The Morgan fingerprint density at radius 2 is 1.59 bits per heavy atom. The zero-order chi connectivity index (χ0) is 31.5. The van der Waals surface area contributed by atoms with Gasteiger partial charge in [0.25, 0.3) is 5.91 Å². The first-order valence-corrected chi connectivity index (χ1v) is 13.1. The van der Waals surface area contributed by atoms with Crippen molar-refractivity contribution in [3.8, 4) is 28.3 Å². The lowest BCUT2D eigenvalue weighted by Gasteiger charge is -2.17. The van der Waals surface area contributed by atoms with E-state index in [4.69, 9.17) is 5.10 Å². The Kier molecular flexibility index (Phi) is 8.38. The van der Waals surface area contributed by atoms with Crippen LogP contribution in [0.4, 0.5) is 26.3 Å². The number of rotatable bonds is 9. The molecule has 0 fully saturated rings. The third-order valence-corrected chi connectivity index (χ3v) is 6.59. The Bertz CT molecular complexity index is 1700. The number of carbonyl (C=O) groups is 1. The number of hydrogen-bond donors (Lipinski definition) is 2. The maximum atomic E-state index is 12.9. The first-order valence-electron chi connectivity index (χ1n) is 13.1. The Balaban J connectivity index is 1.43. The van der Waals surface area contributed by atoms with Crippen LogP contribution in [-0.2, 0) is 13.0 Å². The quantitative estimate of drug-likeness (QED) is 0.189. The van der Waals surface area contributed by atoms with Gasteiger partial charge in [0, 0.05) is 11.1 Å². The molecule has 5 aromatic rings. The molecule has 5 rings (SSSR count). The average Bonchev–Trinajstić information content (AvgIpc) is 3.66. The highest BCUT2D eigenvalue weighted by Crippen LogP contribution is 2.33. The summed E-state index contributed by atoms with van der Waals surface area (Å²) in [5, 5.41) is 20.7. The molecular formula is C29H23F6N7O2. The fourth-order valence-electron chi connectivity index (χ4n) is 4.47. The molecule has 0 aliphatic heterocycles. The highest BCUT2D eigenvalue weighted by atomic mass is 19.4. The predicted molar refractivity (Wildman–Crippen MR) is 145 cm³/mol. The van der Waals surface area contributed by atoms with Gasteiger partial charge >= 0.3 is 12.5 Å². The van der Waals surface area contributed by atoms with Gasteiger partial charge in [-0.15, -0.1) is 23.4 Å². The molecule has 2 aromatic heterocycles. The van der Waals surface area contributed by atoms with Crippen molar-refractivity contribution in [1.82, 2.24) is 35.7 Å². The van der Waals surface area contributed by atoms with Gasteiger partial charge in [-0.3, -0.25) is 9.48 Å². The molecule has 0 spiro atoms. The van der Waals surface area contributed by atoms with Crippen LogP contribution in [0.2, 0.25) is 0 Å². The summed E-state index contributed by atoms with van der Waals surface area (Å²) >= 11 is 0. The van der Waals surface area contributed by atoms with Gasteiger partial charge in [0.15, 0.2) is 5.82 Å². The summed E-state index contributed by atoms with van der Waals surface area (Å²) in [6.07, 6.45) is -10.3. The number of nitrogens with one attached hydrogen (secondary N) is 2. The topological polar surface area (TPSA) is 111 Å². The van der Waals surface area contributed by atoms with Crippen LogP contribution in [0.1, 0.15) is 40.3 Å². The summed E-state index contributed by atoms with van der Waals surface area (Å²) in [5.41, 5.74) is 3.29. The summed E-state index contributed by atoms with van der Waals surface area (Å²) < 4.78 is 82.1. The molecule has 1 atom stereocenters. The third-order valence-electron chi connectivity index (χ3n) is 6.59. The van der Waals surface area contributed by atoms with Gasteiger partial charge in [-0.05, 0) is 66.1 Å². The second-order valence-corrected chi connectivity index (χ2v) is 9.73. The number of benzene rings is 3. The van der Waals surface area contributed by atoms with E-state index in [1.807, 2.05) is 6.92 Å². The van der Waals surface area contributed by atoms with Crippen LogP contribution in [0.15, 0.2) is 78.9 Å². The number of alkyl halides is 6. The van der Waals surface area contributed by atoms with Crippen molar-refractivity contribution in [3.63, 3.8) is 0 Å². The van der Waals surface area contributed by atoms with E-state index in [1.54, 1.807) is 47.1 Å². The summed E-state index contributed by atoms with van der Waals surface area (Å²) in [5.74, 6) is -0.427. The standard InChI is InChI=1S/C29H23F6N7O2/c1-17(19-6-8-22(9-7-19)27(43)36-16-26-37-40-41-38-26)42-25(21-4-2-18(3-5-21)15-28(30,31)32)14-24(39-42)20-10-12-23(13-11-20)44-29(33,34)35/h2-14,17H,15-16H2,1H3,(H,36,43)(H,37,38,40,41). The molecule has 228 valence electrons. The molecule has 2 N–H and O–H groups in total. The first-order chi connectivity index (χ1) is 20.8. The van der Waals surface area contributed by atoms with Gasteiger partial charge in [-0.2, -0.15) is 23.5 Å². The molecule has 44 heavy (non-hydrogen) atoms. The van der Waals surface area contributed by atoms with Gasteiger partial charge in [-0.1, -0.05) is 41.6 Å². The molecule has 0 aliphatic carbocycles. The molecule has 1 unspecified atom stereocenters. The van der Waals surface area contributed by atoms with E-state index < -0.39 is 30.8 Å². The Morgan fingerprint density at radius 1 is 0.932 bits per heavy atom. The molecule has 15 heteroatoms. The Hall–Kier alpha value is -5.21. The van der Waals surface area contributed by atoms with E-state index in [9.17, 15) is 31.1 Å². The van der Waals surface area contributed by atoms with E-state index in [2.05, 4.69) is 30.7 Å². The number of tetrazole rings is 1. The lowest BCUT2D eigenvalue weighted by molar-refractivity contribution is -0.274. The summed E-state index contributed by atoms with van der Waals surface area (Å²) in [6, 6.07) is 19.1. The van der Waals surface area contributed by atoms with Gasteiger partial charge in [0.05, 0.1) is 30.4 Å². The zero-order valence-electron chi connectivity index (χ0n) is 22.8. The minimum atomic E-state index is -4.84. The van der Waals surface area contributed by atoms with Crippen LogP contribution < -0.4 is 10.1 Å². The van der Waals surface area contributed by atoms with E-state index in [0.717, 1.165) is 5.56 Å². The highest BCUT2D eigenvalue weighted by Gasteiger charge is 2.31. The molecular weight excluding hydrogens is 592 g/mol. The van der Waals surface area contributed by atoms with E-state index >= 15 is 0 Å². The highest BCUT2D eigenvalue weighted by molar-refractivity contribution is 5.94. The van der Waals surface area contributed by atoms with E-state index in [0.29, 0.717) is 33.9 Å². The minimum Gasteiger partial charge on any atom is -0.406 e. The molecule has 0 radical (unpaired) electrons. The van der Waals surface area contributed by atoms with Crippen molar-refractivity contribution in [2.75, 3.05) is 0 Å². The van der Waals surface area contributed by atoms with Crippen LogP contribution in [0.25, 0.3) is 22.5 Å². The van der Waals surface area contributed by atoms with Crippen molar-refractivity contribution < 1.29 is 35.9 Å². The van der Waals surface area contributed by atoms with Gasteiger partial charge in [0.2, 0.25) is 0 Å². The normalized spacial score (nSPS) is 12.6. The van der Waals surface area contributed by atoms with Crippen LogP contribution in [-0.4, -0.2) is 48.9 Å². The number of hydrogen-bond acceptors (Lipinski definition) is 6. The van der Waals surface area contributed by atoms with Crippen molar-refractivity contribution in [2.24, 2.45) is 0 Å². The maximum Gasteiger partial charge on any atom is 0.573 e. The molecule has 0 bridgehead atoms. The Labute approximate surface area is 245 Å². The summed E-state index contributed by atoms with van der Waals surface area (Å²) in [4.78, 5) is 12.5. The van der Waals surface area contributed by atoms with Crippen LogP contribution in [0.3, 0.4) is 0 Å². The number of nitrogens with zero attached hydrogens (tertiary/aromatic N) is 5. The SMILES string of the molecule is CC(c1ccc(C(=O)NCc2nn[nH]n2)cc1)n1nc(-c2ccc(OC(F)(F)F)cc2)cc1-c1ccc(CC(F)(F)F)cc1. The number of aromatic nitrogens is 6. The van der Waals surface area contributed by atoms with E-state index in [-0.39, 0.29) is 18.0 Å². The lowest BCUT2D eigenvalue weighted by Crippen LogP contribution is -2.23.